The Hall–Kier alpha value is -1.09. The van der Waals surface area contributed by atoms with Gasteiger partial charge < -0.3 is 9.53 Å². The Morgan fingerprint density at radius 2 is 2.27 bits per heavy atom. The predicted octanol–water partition coefficient (Wildman–Crippen LogP) is 2.93. The second-order valence-electron chi connectivity index (χ2n) is 3.18. The van der Waals surface area contributed by atoms with E-state index >= 15 is 0 Å². The van der Waals surface area contributed by atoms with Gasteiger partial charge in [0.05, 0.1) is 7.11 Å². The third-order valence-electron chi connectivity index (χ3n) is 2.27. The van der Waals surface area contributed by atoms with Crippen molar-refractivity contribution in [2.24, 2.45) is 0 Å². The summed E-state index contributed by atoms with van der Waals surface area (Å²) < 4.78 is 18.4. The molecule has 0 N–H and O–H groups in total. The van der Waals surface area contributed by atoms with Gasteiger partial charge in [0.2, 0.25) is 0 Å². The SMILES string of the molecule is COc1c(F)cc(Cl)c(C)c1CCC=O. The molecule has 0 aliphatic heterocycles. The zero-order valence-electron chi connectivity index (χ0n) is 8.64. The topological polar surface area (TPSA) is 26.3 Å². The molecule has 15 heavy (non-hydrogen) atoms. The van der Waals surface area contributed by atoms with Crippen molar-refractivity contribution in [1.82, 2.24) is 0 Å². The highest BCUT2D eigenvalue weighted by Crippen LogP contribution is 2.31. The van der Waals surface area contributed by atoms with E-state index in [9.17, 15) is 9.18 Å². The molecule has 0 bridgehead atoms. The second kappa shape index (κ2) is 5.12. The van der Waals surface area contributed by atoms with Gasteiger partial charge in [-0.25, -0.2) is 4.39 Å². The summed E-state index contributed by atoms with van der Waals surface area (Å²) in [4.78, 5) is 10.3. The van der Waals surface area contributed by atoms with E-state index in [1.807, 2.05) is 0 Å². The van der Waals surface area contributed by atoms with Gasteiger partial charge in [0.25, 0.3) is 0 Å². The van der Waals surface area contributed by atoms with Crippen LogP contribution in [0.4, 0.5) is 4.39 Å². The molecule has 0 unspecified atom stereocenters. The number of hydrogen-bond acceptors (Lipinski definition) is 2. The van der Waals surface area contributed by atoms with E-state index in [0.717, 1.165) is 11.8 Å². The lowest BCUT2D eigenvalue weighted by molar-refractivity contribution is -0.107. The Morgan fingerprint density at radius 1 is 1.60 bits per heavy atom. The highest BCUT2D eigenvalue weighted by Gasteiger charge is 2.14. The Labute approximate surface area is 93.0 Å². The molecule has 2 nitrogen and oxygen atoms in total. The maximum absolute atomic E-state index is 13.4. The molecular formula is C11H12ClFO2. The molecule has 0 saturated carbocycles. The first-order chi connectivity index (χ1) is 7.11. The molecule has 0 aliphatic carbocycles. The summed E-state index contributed by atoms with van der Waals surface area (Å²) in [5, 5.41) is 0.356. The smallest absolute Gasteiger partial charge is 0.166 e. The summed E-state index contributed by atoms with van der Waals surface area (Å²) in [6.07, 6.45) is 1.56. The number of carbonyl (C=O) groups excluding carboxylic acids is 1. The minimum absolute atomic E-state index is 0.179. The van der Waals surface area contributed by atoms with E-state index in [-0.39, 0.29) is 5.75 Å². The van der Waals surface area contributed by atoms with Gasteiger partial charge in [-0.3, -0.25) is 0 Å². The van der Waals surface area contributed by atoms with E-state index in [1.165, 1.54) is 13.2 Å². The van der Waals surface area contributed by atoms with Crippen LogP contribution in [0.3, 0.4) is 0 Å². The summed E-state index contributed by atoms with van der Waals surface area (Å²) in [6, 6.07) is 1.22. The number of methoxy groups -OCH3 is 1. The minimum Gasteiger partial charge on any atom is -0.493 e. The van der Waals surface area contributed by atoms with Crippen molar-refractivity contribution in [2.75, 3.05) is 7.11 Å². The molecule has 4 heteroatoms. The maximum atomic E-state index is 13.4. The molecule has 0 aromatic heterocycles. The van der Waals surface area contributed by atoms with Crippen molar-refractivity contribution in [3.05, 3.63) is 28.0 Å². The first-order valence-electron chi connectivity index (χ1n) is 4.57. The van der Waals surface area contributed by atoms with E-state index in [4.69, 9.17) is 16.3 Å². The monoisotopic (exact) mass is 230 g/mol. The van der Waals surface area contributed by atoms with Crippen LogP contribution in [0.5, 0.6) is 5.75 Å². The van der Waals surface area contributed by atoms with Crippen LogP contribution in [0.25, 0.3) is 0 Å². The van der Waals surface area contributed by atoms with Crippen LogP contribution < -0.4 is 4.74 Å². The summed E-state index contributed by atoms with van der Waals surface area (Å²) in [6.45, 7) is 1.78. The molecule has 0 radical (unpaired) electrons. The molecule has 0 spiro atoms. The fraction of sp³-hybridized carbons (Fsp3) is 0.364. The van der Waals surface area contributed by atoms with Crippen molar-refractivity contribution < 1.29 is 13.9 Å². The average Bonchev–Trinajstić information content (AvgIpc) is 2.21. The largest absolute Gasteiger partial charge is 0.493 e. The number of hydrogen-bond donors (Lipinski definition) is 0. The molecule has 1 aromatic rings. The van der Waals surface area contributed by atoms with Crippen LogP contribution in [-0.2, 0) is 11.2 Å². The Bertz CT molecular complexity index is 377. The zero-order chi connectivity index (χ0) is 11.4. The van der Waals surface area contributed by atoms with Crippen LogP contribution in [0.1, 0.15) is 17.5 Å². The van der Waals surface area contributed by atoms with Crippen molar-refractivity contribution in [3.63, 3.8) is 0 Å². The van der Waals surface area contributed by atoms with E-state index in [1.54, 1.807) is 6.92 Å². The average molecular weight is 231 g/mol. The Kier molecular flexibility index (Phi) is 4.09. The second-order valence-corrected chi connectivity index (χ2v) is 3.59. The Balaban J connectivity index is 3.23. The van der Waals surface area contributed by atoms with Gasteiger partial charge in [0, 0.05) is 17.0 Å². The quantitative estimate of drug-likeness (QED) is 0.744. The molecule has 0 atom stereocenters. The van der Waals surface area contributed by atoms with Gasteiger partial charge in [-0.1, -0.05) is 11.6 Å². The van der Waals surface area contributed by atoms with Crippen molar-refractivity contribution in [3.8, 4) is 5.75 Å². The van der Waals surface area contributed by atoms with Gasteiger partial charge in [0.15, 0.2) is 11.6 Å². The van der Waals surface area contributed by atoms with Gasteiger partial charge in [-0.05, 0) is 25.0 Å². The van der Waals surface area contributed by atoms with E-state index in [2.05, 4.69) is 0 Å². The first kappa shape index (κ1) is 12.0. The van der Waals surface area contributed by atoms with E-state index < -0.39 is 5.82 Å². The van der Waals surface area contributed by atoms with Gasteiger partial charge in [-0.2, -0.15) is 0 Å². The van der Waals surface area contributed by atoms with Crippen LogP contribution >= 0.6 is 11.6 Å². The lowest BCUT2D eigenvalue weighted by atomic mass is 10.0. The van der Waals surface area contributed by atoms with Gasteiger partial charge in [-0.15, -0.1) is 0 Å². The first-order valence-corrected chi connectivity index (χ1v) is 4.94. The van der Waals surface area contributed by atoms with E-state index in [0.29, 0.717) is 23.4 Å². The molecule has 1 rings (SSSR count). The van der Waals surface area contributed by atoms with Crippen LogP contribution in [0.15, 0.2) is 6.07 Å². The number of ether oxygens (including phenoxy) is 1. The molecule has 0 aliphatic rings. The normalized spacial score (nSPS) is 10.1. The molecule has 0 heterocycles. The number of carbonyl (C=O) groups is 1. The predicted molar refractivity (Wildman–Crippen MR) is 57.1 cm³/mol. The number of benzene rings is 1. The highest BCUT2D eigenvalue weighted by atomic mass is 35.5. The van der Waals surface area contributed by atoms with Crippen LogP contribution in [-0.4, -0.2) is 13.4 Å². The molecule has 0 saturated heterocycles. The standard InChI is InChI=1S/C11H12ClFO2/c1-7-8(4-3-5-14)11(15-2)10(13)6-9(7)12/h5-6H,3-4H2,1-2H3. The molecule has 82 valence electrons. The van der Waals surface area contributed by atoms with Crippen molar-refractivity contribution >= 4 is 17.9 Å². The number of aldehydes is 1. The fourth-order valence-electron chi connectivity index (χ4n) is 1.47. The number of rotatable bonds is 4. The van der Waals surface area contributed by atoms with Gasteiger partial charge >= 0.3 is 0 Å². The lowest BCUT2D eigenvalue weighted by Crippen LogP contribution is -2.00. The third-order valence-corrected chi connectivity index (χ3v) is 2.66. The third kappa shape index (κ3) is 2.48. The summed E-state index contributed by atoms with van der Waals surface area (Å²) >= 11 is 5.84. The van der Waals surface area contributed by atoms with Crippen LogP contribution in [0, 0.1) is 12.7 Å². The van der Waals surface area contributed by atoms with Crippen LogP contribution in [0.2, 0.25) is 5.02 Å². The van der Waals surface area contributed by atoms with Crippen molar-refractivity contribution in [1.29, 1.82) is 0 Å². The maximum Gasteiger partial charge on any atom is 0.166 e. The zero-order valence-corrected chi connectivity index (χ0v) is 9.40. The molecule has 1 aromatic carbocycles. The lowest BCUT2D eigenvalue weighted by Gasteiger charge is -2.12. The summed E-state index contributed by atoms with van der Waals surface area (Å²) in [5.74, 6) is -0.312. The summed E-state index contributed by atoms with van der Waals surface area (Å²) in [7, 11) is 1.40. The van der Waals surface area contributed by atoms with Gasteiger partial charge in [0.1, 0.15) is 6.29 Å². The number of halogens is 2. The Morgan fingerprint density at radius 3 is 2.80 bits per heavy atom. The fourth-order valence-corrected chi connectivity index (χ4v) is 1.68. The highest BCUT2D eigenvalue weighted by molar-refractivity contribution is 6.31. The molecule has 0 amide bonds. The van der Waals surface area contributed by atoms with Crippen molar-refractivity contribution in [2.45, 2.75) is 19.8 Å². The molecule has 0 fully saturated rings. The minimum atomic E-state index is -0.492. The molecular weight excluding hydrogens is 219 g/mol. The summed E-state index contributed by atoms with van der Waals surface area (Å²) in [5.41, 5.74) is 1.42.